The molecular weight excluding hydrogens is 358 g/mol. The highest BCUT2D eigenvalue weighted by molar-refractivity contribution is 6.12. The summed E-state index contributed by atoms with van der Waals surface area (Å²) >= 11 is 0. The minimum absolute atomic E-state index is 0.00115. The summed E-state index contributed by atoms with van der Waals surface area (Å²) in [5.41, 5.74) is 4.23. The number of hydrogen-bond acceptors (Lipinski definition) is 5. The van der Waals surface area contributed by atoms with E-state index in [1.165, 1.54) is 12.1 Å². The van der Waals surface area contributed by atoms with Crippen molar-refractivity contribution in [1.82, 2.24) is 9.78 Å². The van der Waals surface area contributed by atoms with E-state index in [1.807, 2.05) is 34.6 Å². The Balaban J connectivity index is 2.76. The third-order valence-corrected chi connectivity index (χ3v) is 4.90. The van der Waals surface area contributed by atoms with Crippen LogP contribution in [-0.2, 0) is 6.54 Å². The predicted octanol–water partition coefficient (Wildman–Crippen LogP) is 4.87. The van der Waals surface area contributed by atoms with Gasteiger partial charge < -0.3 is 4.74 Å². The van der Waals surface area contributed by atoms with Gasteiger partial charge in [-0.1, -0.05) is 5.57 Å². The molecule has 0 aliphatic heterocycles. The summed E-state index contributed by atoms with van der Waals surface area (Å²) in [5.74, 6) is 0.196. The number of aryl methyl sites for hydroxylation is 2. The molecule has 0 aliphatic rings. The van der Waals surface area contributed by atoms with Gasteiger partial charge in [-0.05, 0) is 65.7 Å². The normalized spacial score (nSPS) is 10.7. The van der Waals surface area contributed by atoms with Gasteiger partial charge in [-0.15, -0.1) is 0 Å². The lowest BCUT2D eigenvalue weighted by Gasteiger charge is -2.14. The minimum atomic E-state index is -0.408. The van der Waals surface area contributed by atoms with Gasteiger partial charge in [0.1, 0.15) is 5.56 Å². The number of nitrogens with zero attached hydrogens (tertiary/aromatic N) is 3. The Morgan fingerprint density at radius 3 is 2.32 bits per heavy atom. The van der Waals surface area contributed by atoms with E-state index in [-0.39, 0.29) is 11.5 Å². The molecule has 2 aromatic rings. The van der Waals surface area contributed by atoms with E-state index >= 15 is 0 Å². The first-order valence-electron chi connectivity index (χ1n) is 9.32. The molecule has 150 valence electrons. The highest BCUT2D eigenvalue weighted by atomic mass is 16.6. The molecule has 7 nitrogen and oxygen atoms in total. The van der Waals surface area contributed by atoms with E-state index in [1.54, 1.807) is 18.5 Å². The maximum absolute atomic E-state index is 13.4. The fourth-order valence-electron chi connectivity index (χ4n) is 3.27. The Morgan fingerprint density at radius 1 is 1.18 bits per heavy atom. The summed E-state index contributed by atoms with van der Waals surface area (Å²) in [6.07, 6.45) is 0. The number of aromatic nitrogens is 2. The second-order valence-corrected chi connectivity index (χ2v) is 6.86. The van der Waals surface area contributed by atoms with Crippen LogP contribution in [0.15, 0.2) is 17.7 Å². The van der Waals surface area contributed by atoms with Crippen LogP contribution in [0.5, 0.6) is 5.88 Å². The molecule has 1 aromatic heterocycles. The largest absolute Gasteiger partial charge is 0.478 e. The number of ether oxygens (including phenoxy) is 1. The van der Waals surface area contributed by atoms with Crippen molar-refractivity contribution in [2.24, 2.45) is 0 Å². The van der Waals surface area contributed by atoms with Crippen LogP contribution in [0.25, 0.3) is 5.57 Å². The molecule has 2 rings (SSSR count). The lowest BCUT2D eigenvalue weighted by molar-refractivity contribution is -0.385. The molecule has 0 unspecified atom stereocenters. The Bertz CT molecular complexity index is 967. The van der Waals surface area contributed by atoms with E-state index in [0.29, 0.717) is 47.0 Å². The van der Waals surface area contributed by atoms with Crippen molar-refractivity contribution in [3.63, 3.8) is 0 Å². The smallest absolute Gasteiger partial charge is 0.277 e. The number of allylic oxidation sites excluding steroid dienone is 2. The van der Waals surface area contributed by atoms with Gasteiger partial charge in [-0.3, -0.25) is 14.9 Å². The maximum atomic E-state index is 13.4. The number of rotatable bonds is 7. The molecule has 0 atom stereocenters. The average Bonchev–Trinajstić information content (AvgIpc) is 2.95. The number of ketones is 1. The molecule has 0 amide bonds. The van der Waals surface area contributed by atoms with Crippen molar-refractivity contribution in [3.05, 3.63) is 55.8 Å². The molecular formula is C21H27N3O4. The number of benzene rings is 1. The summed E-state index contributed by atoms with van der Waals surface area (Å²) in [6, 6.07) is 2.93. The first-order chi connectivity index (χ1) is 13.1. The second kappa shape index (κ2) is 8.37. The summed E-state index contributed by atoms with van der Waals surface area (Å²) < 4.78 is 7.36. The van der Waals surface area contributed by atoms with Crippen molar-refractivity contribution in [3.8, 4) is 5.88 Å². The Hall–Kier alpha value is -2.96. The number of nitro benzene ring substituents is 1. The van der Waals surface area contributed by atoms with Crippen LogP contribution < -0.4 is 4.74 Å². The molecule has 0 spiro atoms. The van der Waals surface area contributed by atoms with Crippen molar-refractivity contribution >= 4 is 17.0 Å². The summed E-state index contributed by atoms with van der Waals surface area (Å²) in [5, 5.41) is 16.0. The van der Waals surface area contributed by atoms with Gasteiger partial charge >= 0.3 is 0 Å². The summed E-state index contributed by atoms with van der Waals surface area (Å²) in [7, 11) is 0. The van der Waals surface area contributed by atoms with Gasteiger partial charge in [-0.25, -0.2) is 4.68 Å². The van der Waals surface area contributed by atoms with Crippen LogP contribution in [0.3, 0.4) is 0 Å². The molecule has 0 saturated carbocycles. The zero-order valence-corrected chi connectivity index (χ0v) is 17.5. The number of carbonyl (C=O) groups is 1. The first kappa shape index (κ1) is 21.3. The van der Waals surface area contributed by atoms with Crippen LogP contribution in [-0.4, -0.2) is 27.1 Å². The standard InChI is InChI=1S/C21H27N3O4/c1-8-23-21(28-9-2)19(15(7)22-23)20(25)16-10-11-17(24(26)27)18(14(16)6)13(5)12(3)4/h10-11H,8-9H2,1-7H3. The molecule has 0 N–H and O–H groups in total. The monoisotopic (exact) mass is 385 g/mol. The molecule has 1 heterocycles. The fourth-order valence-corrected chi connectivity index (χ4v) is 3.27. The Morgan fingerprint density at radius 2 is 1.82 bits per heavy atom. The maximum Gasteiger partial charge on any atom is 0.277 e. The van der Waals surface area contributed by atoms with E-state index in [4.69, 9.17) is 4.74 Å². The van der Waals surface area contributed by atoms with E-state index in [0.717, 1.165) is 11.1 Å². The zero-order valence-electron chi connectivity index (χ0n) is 17.5. The Labute approximate surface area is 165 Å². The van der Waals surface area contributed by atoms with Gasteiger partial charge in [0, 0.05) is 18.2 Å². The van der Waals surface area contributed by atoms with Crippen molar-refractivity contribution in [2.45, 2.75) is 55.0 Å². The van der Waals surface area contributed by atoms with Crippen LogP contribution in [0.1, 0.15) is 67.4 Å². The fraction of sp³-hybridized carbons (Fsp3) is 0.429. The van der Waals surface area contributed by atoms with Crippen LogP contribution in [0, 0.1) is 24.0 Å². The van der Waals surface area contributed by atoms with Crippen molar-refractivity contribution < 1.29 is 14.5 Å². The molecule has 0 fully saturated rings. The third-order valence-electron chi connectivity index (χ3n) is 4.90. The predicted molar refractivity (Wildman–Crippen MR) is 109 cm³/mol. The molecule has 1 aromatic carbocycles. The van der Waals surface area contributed by atoms with Gasteiger partial charge in [0.05, 0.1) is 22.8 Å². The Kier molecular flexibility index (Phi) is 6.38. The van der Waals surface area contributed by atoms with E-state index in [9.17, 15) is 14.9 Å². The van der Waals surface area contributed by atoms with Crippen molar-refractivity contribution in [2.75, 3.05) is 6.61 Å². The molecule has 0 bridgehead atoms. The number of carbonyl (C=O) groups excluding carboxylic acids is 1. The van der Waals surface area contributed by atoms with Gasteiger partial charge in [-0.2, -0.15) is 5.10 Å². The number of nitro groups is 1. The molecule has 0 aliphatic carbocycles. The molecule has 7 heteroatoms. The third kappa shape index (κ3) is 3.69. The lowest BCUT2D eigenvalue weighted by atomic mass is 9.90. The SMILES string of the molecule is CCOc1c(C(=O)c2ccc([N+](=O)[O-])c(C(C)=C(C)C)c2C)c(C)nn1CC. The van der Waals surface area contributed by atoms with Crippen LogP contribution in [0.4, 0.5) is 5.69 Å². The van der Waals surface area contributed by atoms with Crippen LogP contribution >= 0.6 is 0 Å². The first-order valence-corrected chi connectivity index (χ1v) is 9.32. The van der Waals surface area contributed by atoms with E-state index < -0.39 is 4.92 Å². The quantitative estimate of drug-likeness (QED) is 0.385. The van der Waals surface area contributed by atoms with Crippen LogP contribution in [0.2, 0.25) is 0 Å². The average molecular weight is 385 g/mol. The second-order valence-electron chi connectivity index (χ2n) is 6.86. The highest BCUT2D eigenvalue weighted by Gasteiger charge is 2.28. The summed E-state index contributed by atoms with van der Waals surface area (Å²) in [6.45, 7) is 13.9. The van der Waals surface area contributed by atoms with Gasteiger partial charge in [0.25, 0.3) is 5.69 Å². The minimum Gasteiger partial charge on any atom is -0.478 e. The van der Waals surface area contributed by atoms with Crippen molar-refractivity contribution in [1.29, 1.82) is 0 Å². The zero-order chi connectivity index (χ0) is 21.2. The highest BCUT2D eigenvalue weighted by Crippen LogP contribution is 2.35. The van der Waals surface area contributed by atoms with Gasteiger partial charge in [0.15, 0.2) is 0 Å². The lowest BCUT2D eigenvalue weighted by Crippen LogP contribution is -2.11. The molecule has 0 radical (unpaired) electrons. The molecule has 0 saturated heterocycles. The number of hydrogen-bond donors (Lipinski definition) is 0. The van der Waals surface area contributed by atoms with Gasteiger partial charge in [0.2, 0.25) is 11.7 Å². The topological polar surface area (TPSA) is 87.3 Å². The summed E-state index contributed by atoms with van der Waals surface area (Å²) in [4.78, 5) is 24.6. The molecule has 28 heavy (non-hydrogen) atoms. The van der Waals surface area contributed by atoms with E-state index in [2.05, 4.69) is 5.10 Å².